The molecule has 0 aliphatic carbocycles. The lowest BCUT2D eigenvalue weighted by Crippen LogP contribution is -2.22. The summed E-state index contributed by atoms with van der Waals surface area (Å²) in [4.78, 5) is 11.3. The smallest absolute Gasteiger partial charge is 0.238 e. The van der Waals surface area contributed by atoms with Crippen molar-refractivity contribution in [3.05, 3.63) is 29.6 Å². The third kappa shape index (κ3) is 3.30. The highest BCUT2D eigenvalue weighted by atomic mass is 79.9. The van der Waals surface area contributed by atoms with Crippen molar-refractivity contribution in [3.8, 4) is 0 Å². The van der Waals surface area contributed by atoms with E-state index in [1.807, 2.05) is 6.92 Å². The lowest BCUT2D eigenvalue weighted by Gasteiger charge is -2.09. The van der Waals surface area contributed by atoms with Gasteiger partial charge in [0.2, 0.25) is 5.91 Å². The minimum atomic E-state index is -0.265. The first kappa shape index (κ1) is 12.2. The third-order valence-corrected chi connectivity index (χ3v) is 3.13. The topological polar surface area (TPSA) is 29.1 Å². The molecule has 0 heterocycles. The molecule has 1 aromatic rings. The zero-order valence-electron chi connectivity index (χ0n) is 8.68. The molecule has 0 bridgehead atoms. The van der Waals surface area contributed by atoms with Crippen molar-refractivity contribution in [2.45, 2.75) is 25.1 Å². The zero-order valence-corrected chi connectivity index (χ0v) is 10.3. The SMILES string of the molecule is CCC(Br)C(=O)Nc1ccc(F)c(C)c1. The van der Waals surface area contributed by atoms with Crippen LogP contribution in [0.1, 0.15) is 18.9 Å². The summed E-state index contributed by atoms with van der Waals surface area (Å²) in [5.41, 5.74) is 1.15. The molecule has 82 valence electrons. The van der Waals surface area contributed by atoms with Crippen molar-refractivity contribution in [2.75, 3.05) is 5.32 Å². The molecular formula is C11H13BrFNO. The van der Waals surface area contributed by atoms with Crippen LogP contribution in [-0.4, -0.2) is 10.7 Å². The fraction of sp³-hybridized carbons (Fsp3) is 0.364. The van der Waals surface area contributed by atoms with Gasteiger partial charge < -0.3 is 5.32 Å². The van der Waals surface area contributed by atoms with Crippen LogP contribution in [0.15, 0.2) is 18.2 Å². The molecule has 2 nitrogen and oxygen atoms in total. The van der Waals surface area contributed by atoms with Gasteiger partial charge in [-0.25, -0.2) is 4.39 Å². The van der Waals surface area contributed by atoms with Crippen LogP contribution in [0.25, 0.3) is 0 Å². The fourth-order valence-corrected chi connectivity index (χ4v) is 1.24. The molecule has 1 aromatic carbocycles. The number of rotatable bonds is 3. The molecule has 0 fully saturated rings. The van der Waals surface area contributed by atoms with Gasteiger partial charge in [-0.1, -0.05) is 22.9 Å². The summed E-state index contributed by atoms with van der Waals surface area (Å²) in [6, 6.07) is 4.51. The third-order valence-electron chi connectivity index (χ3n) is 2.07. The van der Waals surface area contributed by atoms with E-state index in [0.29, 0.717) is 17.7 Å². The summed E-state index contributed by atoms with van der Waals surface area (Å²) in [6.45, 7) is 3.57. The number of nitrogens with one attached hydrogen (secondary N) is 1. The Hall–Kier alpha value is -0.900. The molecule has 15 heavy (non-hydrogen) atoms. The largest absolute Gasteiger partial charge is 0.325 e. The van der Waals surface area contributed by atoms with Crippen LogP contribution in [0.5, 0.6) is 0 Å². The second-order valence-corrected chi connectivity index (χ2v) is 4.43. The van der Waals surface area contributed by atoms with Gasteiger partial charge in [-0.3, -0.25) is 4.79 Å². The van der Waals surface area contributed by atoms with Gasteiger partial charge in [-0.2, -0.15) is 0 Å². The number of carbonyl (C=O) groups excluding carboxylic acids is 1. The molecule has 0 aliphatic heterocycles. The second kappa shape index (κ2) is 5.26. The van der Waals surface area contributed by atoms with Crippen LogP contribution < -0.4 is 5.32 Å². The van der Waals surface area contributed by atoms with Crippen molar-refractivity contribution >= 4 is 27.5 Å². The van der Waals surface area contributed by atoms with Crippen LogP contribution in [0.4, 0.5) is 10.1 Å². The van der Waals surface area contributed by atoms with E-state index in [1.54, 1.807) is 19.1 Å². The maximum atomic E-state index is 12.9. The van der Waals surface area contributed by atoms with E-state index in [2.05, 4.69) is 21.2 Å². The maximum absolute atomic E-state index is 12.9. The number of amides is 1. The molecule has 0 saturated carbocycles. The first-order chi connectivity index (χ1) is 7.04. The van der Waals surface area contributed by atoms with Crippen LogP contribution in [0.3, 0.4) is 0 Å². The molecule has 1 unspecified atom stereocenters. The summed E-state index contributed by atoms with van der Waals surface area (Å²) in [7, 11) is 0. The molecule has 0 saturated heterocycles. The van der Waals surface area contributed by atoms with Crippen molar-refractivity contribution in [1.29, 1.82) is 0 Å². The van der Waals surface area contributed by atoms with Gasteiger partial charge in [-0.05, 0) is 37.1 Å². The van der Waals surface area contributed by atoms with Crippen LogP contribution in [-0.2, 0) is 4.79 Å². The zero-order chi connectivity index (χ0) is 11.4. The summed E-state index contributed by atoms with van der Waals surface area (Å²) in [6.07, 6.45) is 0.714. The highest BCUT2D eigenvalue weighted by Crippen LogP contribution is 2.15. The Bertz CT molecular complexity index is 368. The number of hydrogen-bond donors (Lipinski definition) is 1. The molecule has 1 rings (SSSR count). The van der Waals surface area contributed by atoms with E-state index in [9.17, 15) is 9.18 Å². The first-order valence-electron chi connectivity index (χ1n) is 4.75. The summed E-state index contributed by atoms with van der Waals surface area (Å²) in [5, 5.41) is 2.71. The average Bonchev–Trinajstić information content (AvgIpc) is 2.22. The molecule has 0 spiro atoms. The molecular weight excluding hydrogens is 261 g/mol. The normalized spacial score (nSPS) is 12.3. The van der Waals surface area contributed by atoms with Gasteiger partial charge in [0.05, 0.1) is 4.83 Å². The van der Waals surface area contributed by atoms with Crippen LogP contribution >= 0.6 is 15.9 Å². The van der Waals surface area contributed by atoms with Crippen molar-refractivity contribution in [3.63, 3.8) is 0 Å². The van der Waals surface area contributed by atoms with Crippen LogP contribution in [0, 0.1) is 12.7 Å². The van der Waals surface area contributed by atoms with Crippen molar-refractivity contribution in [2.24, 2.45) is 0 Å². The standard InChI is InChI=1S/C11H13BrFNO/c1-3-9(12)11(15)14-8-4-5-10(13)7(2)6-8/h4-6,9H,3H2,1-2H3,(H,14,15). The molecule has 1 N–H and O–H groups in total. The lowest BCUT2D eigenvalue weighted by atomic mass is 10.2. The average molecular weight is 274 g/mol. The van der Waals surface area contributed by atoms with Gasteiger partial charge in [0.25, 0.3) is 0 Å². The molecule has 4 heteroatoms. The predicted octanol–water partition coefficient (Wildman–Crippen LogP) is 3.25. The Morgan fingerprint density at radius 3 is 2.80 bits per heavy atom. The van der Waals surface area contributed by atoms with E-state index in [4.69, 9.17) is 0 Å². The fourth-order valence-electron chi connectivity index (χ4n) is 1.13. The molecule has 1 amide bonds. The van der Waals surface area contributed by atoms with E-state index in [1.165, 1.54) is 6.07 Å². The van der Waals surface area contributed by atoms with Gasteiger partial charge in [-0.15, -0.1) is 0 Å². The number of carbonyl (C=O) groups is 1. The summed E-state index contributed by atoms with van der Waals surface area (Å²) in [5.74, 6) is -0.373. The monoisotopic (exact) mass is 273 g/mol. The number of anilines is 1. The minimum Gasteiger partial charge on any atom is -0.325 e. The Kier molecular flexibility index (Phi) is 4.27. The number of aryl methyl sites for hydroxylation is 1. The molecule has 1 atom stereocenters. The highest BCUT2D eigenvalue weighted by Gasteiger charge is 2.12. The van der Waals surface area contributed by atoms with E-state index in [-0.39, 0.29) is 16.6 Å². The van der Waals surface area contributed by atoms with Crippen LogP contribution in [0.2, 0.25) is 0 Å². The number of hydrogen-bond acceptors (Lipinski definition) is 1. The predicted molar refractivity (Wildman–Crippen MR) is 62.8 cm³/mol. The first-order valence-corrected chi connectivity index (χ1v) is 5.67. The van der Waals surface area contributed by atoms with Gasteiger partial charge >= 0.3 is 0 Å². The lowest BCUT2D eigenvalue weighted by molar-refractivity contribution is -0.115. The van der Waals surface area contributed by atoms with E-state index >= 15 is 0 Å². The van der Waals surface area contributed by atoms with E-state index in [0.717, 1.165) is 0 Å². The Morgan fingerprint density at radius 1 is 1.60 bits per heavy atom. The summed E-state index contributed by atoms with van der Waals surface area (Å²) < 4.78 is 12.9. The van der Waals surface area contributed by atoms with Crippen molar-refractivity contribution < 1.29 is 9.18 Å². The molecule has 0 radical (unpaired) electrons. The van der Waals surface area contributed by atoms with Gasteiger partial charge in [0.15, 0.2) is 0 Å². The maximum Gasteiger partial charge on any atom is 0.238 e. The number of alkyl halides is 1. The molecule has 0 aliphatic rings. The Labute approximate surface area is 97.0 Å². The molecule has 0 aromatic heterocycles. The van der Waals surface area contributed by atoms with Gasteiger partial charge in [0.1, 0.15) is 5.82 Å². The Balaban J connectivity index is 2.73. The number of benzene rings is 1. The van der Waals surface area contributed by atoms with Gasteiger partial charge in [0, 0.05) is 5.69 Å². The minimum absolute atomic E-state index is 0.108. The summed E-state index contributed by atoms with van der Waals surface area (Å²) >= 11 is 3.25. The number of halogens is 2. The Morgan fingerprint density at radius 2 is 2.27 bits per heavy atom. The second-order valence-electron chi connectivity index (χ2n) is 3.33. The van der Waals surface area contributed by atoms with Crippen molar-refractivity contribution in [1.82, 2.24) is 0 Å². The van der Waals surface area contributed by atoms with E-state index < -0.39 is 0 Å². The quantitative estimate of drug-likeness (QED) is 0.842. The highest BCUT2D eigenvalue weighted by molar-refractivity contribution is 9.10.